The Labute approximate surface area is 212 Å². The minimum atomic E-state index is -3.42. The van der Waals surface area contributed by atoms with E-state index in [1.165, 1.54) is 12.8 Å². The minimum absolute atomic E-state index is 0.0326. The van der Waals surface area contributed by atoms with Crippen molar-refractivity contribution in [1.29, 1.82) is 0 Å². The van der Waals surface area contributed by atoms with Crippen LogP contribution in [-0.2, 0) is 22.3 Å². The normalized spacial score (nSPS) is 15.9. The van der Waals surface area contributed by atoms with Crippen LogP contribution in [0.15, 0.2) is 72.8 Å². The number of rotatable bonds is 9. The van der Waals surface area contributed by atoms with E-state index in [0.717, 1.165) is 57.6 Å². The van der Waals surface area contributed by atoms with Crippen LogP contribution in [0.5, 0.6) is 0 Å². The summed E-state index contributed by atoms with van der Waals surface area (Å²) in [6.45, 7) is 2.31. The first kappa shape index (κ1) is 23.1. The molecule has 0 atom stereocenters. The molecule has 184 valence electrons. The zero-order chi connectivity index (χ0) is 24.7. The highest BCUT2D eigenvalue weighted by Gasteiger charge is 2.37. The summed E-state index contributed by atoms with van der Waals surface area (Å²) in [6.07, 6.45) is 4.21. The Morgan fingerprint density at radius 1 is 0.861 bits per heavy atom. The smallest absolute Gasteiger partial charge is 0.218 e. The molecule has 1 aromatic heterocycles. The molecule has 0 spiro atoms. The largest absolute Gasteiger partial charge is 0.367 e. The van der Waals surface area contributed by atoms with Crippen molar-refractivity contribution in [2.75, 3.05) is 5.32 Å². The average molecular weight is 499 g/mol. The van der Waals surface area contributed by atoms with Gasteiger partial charge in [0.2, 0.25) is 10.0 Å². The first-order valence-electron chi connectivity index (χ1n) is 12.6. The second kappa shape index (κ2) is 9.30. The van der Waals surface area contributed by atoms with Crippen molar-refractivity contribution in [2.45, 2.75) is 57.0 Å². The first-order valence-corrected chi connectivity index (χ1v) is 14.2. The highest BCUT2D eigenvalue weighted by molar-refractivity contribution is 7.88. The van der Waals surface area contributed by atoms with Gasteiger partial charge in [0.15, 0.2) is 0 Å². The lowest BCUT2D eigenvalue weighted by atomic mass is 10.0. The molecule has 0 bridgehead atoms. The van der Waals surface area contributed by atoms with Gasteiger partial charge >= 0.3 is 0 Å². The Balaban J connectivity index is 1.29. The molecule has 3 aromatic carbocycles. The predicted molar refractivity (Wildman–Crippen MR) is 144 cm³/mol. The Kier molecular flexibility index (Phi) is 5.97. The fourth-order valence-electron chi connectivity index (χ4n) is 4.67. The third kappa shape index (κ3) is 5.13. The summed E-state index contributed by atoms with van der Waals surface area (Å²) in [5, 5.41) is 4.56. The van der Waals surface area contributed by atoms with Crippen LogP contribution < -0.4 is 5.32 Å². The van der Waals surface area contributed by atoms with E-state index in [0.29, 0.717) is 12.6 Å². The molecule has 6 rings (SSSR count). The summed E-state index contributed by atoms with van der Waals surface area (Å²) in [7, 11) is -3.42. The van der Waals surface area contributed by atoms with Gasteiger partial charge in [0.05, 0.1) is 11.3 Å². The standard InChI is InChI=1S/C29H30N4O2S/c1-20-30-28-15-10-24(17-27(28)29(31-20)32-25-11-12-25)23-9-5-8-22(16-23)18-33(26-13-14-26)36(34,35)19-21-6-3-2-4-7-21/h2-10,15-17,25-26H,11-14,18-19H2,1H3,(H,30,31,32). The summed E-state index contributed by atoms with van der Waals surface area (Å²) in [4.78, 5) is 9.28. The van der Waals surface area contributed by atoms with Crippen LogP contribution in [0.1, 0.15) is 42.6 Å². The maximum atomic E-state index is 13.4. The number of benzene rings is 3. The van der Waals surface area contributed by atoms with E-state index in [4.69, 9.17) is 0 Å². The third-order valence-electron chi connectivity index (χ3n) is 6.83. The van der Waals surface area contributed by atoms with Crippen LogP contribution in [0.3, 0.4) is 0 Å². The maximum absolute atomic E-state index is 13.4. The van der Waals surface area contributed by atoms with Gasteiger partial charge in [-0.2, -0.15) is 4.31 Å². The number of aromatic nitrogens is 2. The second-order valence-corrected chi connectivity index (χ2v) is 11.9. The molecule has 7 heteroatoms. The van der Waals surface area contributed by atoms with E-state index >= 15 is 0 Å². The van der Waals surface area contributed by atoms with Crippen LogP contribution in [0.2, 0.25) is 0 Å². The number of sulfonamides is 1. The Morgan fingerprint density at radius 2 is 1.61 bits per heavy atom. The molecule has 0 unspecified atom stereocenters. The molecule has 1 N–H and O–H groups in total. The molecule has 0 radical (unpaired) electrons. The van der Waals surface area contributed by atoms with Gasteiger partial charge in [-0.05, 0) is 73.1 Å². The summed E-state index contributed by atoms with van der Waals surface area (Å²) in [5.41, 5.74) is 4.87. The molecule has 2 saturated carbocycles. The number of aryl methyl sites for hydroxylation is 1. The van der Waals surface area contributed by atoms with Gasteiger partial charge in [-0.15, -0.1) is 0 Å². The molecule has 2 aliphatic rings. The van der Waals surface area contributed by atoms with E-state index < -0.39 is 10.0 Å². The Bertz CT molecular complexity index is 1510. The number of nitrogens with one attached hydrogen (secondary N) is 1. The second-order valence-electron chi connectivity index (χ2n) is 9.99. The van der Waals surface area contributed by atoms with E-state index in [2.05, 4.69) is 39.6 Å². The van der Waals surface area contributed by atoms with Crippen molar-refractivity contribution in [3.8, 4) is 11.1 Å². The topological polar surface area (TPSA) is 75.2 Å². The Morgan fingerprint density at radius 3 is 2.36 bits per heavy atom. The number of nitrogens with zero attached hydrogens (tertiary/aromatic N) is 3. The van der Waals surface area contributed by atoms with Gasteiger partial charge in [0.25, 0.3) is 0 Å². The third-order valence-corrected chi connectivity index (χ3v) is 8.67. The molecule has 2 fully saturated rings. The van der Waals surface area contributed by atoms with Crippen LogP contribution in [0.4, 0.5) is 5.82 Å². The van der Waals surface area contributed by atoms with Crippen LogP contribution >= 0.6 is 0 Å². The molecule has 1 heterocycles. The van der Waals surface area contributed by atoms with Crippen molar-refractivity contribution in [3.05, 3.63) is 89.7 Å². The molecule has 0 amide bonds. The van der Waals surface area contributed by atoms with E-state index in [9.17, 15) is 8.42 Å². The predicted octanol–water partition coefficient (Wildman–Crippen LogP) is 5.67. The fourth-order valence-corrected chi connectivity index (χ4v) is 6.46. The van der Waals surface area contributed by atoms with E-state index in [1.807, 2.05) is 55.5 Å². The van der Waals surface area contributed by atoms with Crippen molar-refractivity contribution in [1.82, 2.24) is 14.3 Å². The summed E-state index contributed by atoms with van der Waals surface area (Å²) < 4.78 is 28.4. The van der Waals surface area contributed by atoms with Crippen LogP contribution in [0, 0.1) is 6.92 Å². The lowest BCUT2D eigenvalue weighted by Crippen LogP contribution is -2.33. The number of anilines is 1. The lowest BCUT2D eigenvalue weighted by Gasteiger charge is -2.22. The molecule has 36 heavy (non-hydrogen) atoms. The average Bonchev–Trinajstić information content (AvgIpc) is 3.79. The van der Waals surface area contributed by atoms with Gasteiger partial charge in [0.1, 0.15) is 11.6 Å². The molecule has 0 aliphatic heterocycles. The number of hydrogen-bond donors (Lipinski definition) is 1. The zero-order valence-electron chi connectivity index (χ0n) is 20.4. The lowest BCUT2D eigenvalue weighted by molar-refractivity contribution is 0.398. The monoisotopic (exact) mass is 498 g/mol. The summed E-state index contributed by atoms with van der Waals surface area (Å²) >= 11 is 0. The summed E-state index contributed by atoms with van der Waals surface area (Å²) in [5.74, 6) is 1.69. The van der Waals surface area contributed by atoms with Gasteiger partial charge in [-0.25, -0.2) is 18.4 Å². The molecular formula is C29H30N4O2S. The molecule has 6 nitrogen and oxygen atoms in total. The van der Waals surface area contributed by atoms with Gasteiger partial charge < -0.3 is 5.32 Å². The molecular weight excluding hydrogens is 468 g/mol. The van der Waals surface area contributed by atoms with Gasteiger partial charge in [0, 0.05) is 24.0 Å². The first-order chi connectivity index (χ1) is 17.4. The Hall–Kier alpha value is -3.29. The number of hydrogen-bond acceptors (Lipinski definition) is 5. The minimum Gasteiger partial charge on any atom is -0.367 e. The van der Waals surface area contributed by atoms with E-state index in [1.54, 1.807) is 4.31 Å². The van der Waals surface area contributed by atoms with Crippen molar-refractivity contribution in [3.63, 3.8) is 0 Å². The van der Waals surface area contributed by atoms with E-state index in [-0.39, 0.29) is 11.8 Å². The fraction of sp³-hybridized carbons (Fsp3) is 0.310. The highest BCUT2D eigenvalue weighted by atomic mass is 32.2. The van der Waals surface area contributed by atoms with Crippen LogP contribution in [-0.4, -0.2) is 34.8 Å². The van der Waals surface area contributed by atoms with Crippen LogP contribution in [0.25, 0.3) is 22.0 Å². The quantitative estimate of drug-likeness (QED) is 0.322. The van der Waals surface area contributed by atoms with Crippen molar-refractivity contribution >= 4 is 26.7 Å². The highest BCUT2D eigenvalue weighted by Crippen LogP contribution is 2.34. The van der Waals surface area contributed by atoms with Crippen molar-refractivity contribution in [2.24, 2.45) is 0 Å². The van der Waals surface area contributed by atoms with Gasteiger partial charge in [-0.3, -0.25) is 0 Å². The maximum Gasteiger partial charge on any atom is 0.218 e. The SMILES string of the molecule is Cc1nc(NC2CC2)c2cc(-c3cccc(CN(C4CC4)S(=O)(=O)Cc4ccccc4)c3)ccc2n1. The molecule has 4 aromatic rings. The zero-order valence-corrected chi connectivity index (χ0v) is 21.2. The van der Waals surface area contributed by atoms with Gasteiger partial charge in [-0.1, -0.05) is 54.6 Å². The van der Waals surface area contributed by atoms with Crippen molar-refractivity contribution < 1.29 is 8.42 Å². The molecule has 0 saturated heterocycles. The summed E-state index contributed by atoms with van der Waals surface area (Å²) in [6, 6.07) is 24.5. The molecule has 2 aliphatic carbocycles. The number of fused-ring (bicyclic) bond motifs is 1.